The number of carbonyl (C=O) groups excluding carboxylic acids is 6. The van der Waals surface area contributed by atoms with Crippen molar-refractivity contribution < 1.29 is 33.5 Å². The molecule has 13 heteroatoms. The number of alkyl carbamates (subject to hydrolysis) is 1. The molecule has 1 aliphatic carbocycles. The fraction of sp³-hybridized carbons (Fsp3) is 0.478. The number of ketones is 1. The second-order valence-electron chi connectivity index (χ2n) is 9.17. The summed E-state index contributed by atoms with van der Waals surface area (Å²) < 4.78 is 4.86. The van der Waals surface area contributed by atoms with Gasteiger partial charge >= 0.3 is 6.09 Å². The summed E-state index contributed by atoms with van der Waals surface area (Å²) in [6.07, 6.45) is 0.110. The zero-order chi connectivity index (χ0) is 26.0. The van der Waals surface area contributed by atoms with Crippen LogP contribution in [0.5, 0.6) is 0 Å². The predicted molar refractivity (Wildman–Crippen MR) is 126 cm³/mol. The highest BCUT2D eigenvalue weighted by Gasteiger charge is 2.38. The van der Waals surface area contributed by atoms with Crippen LogP contribution in [0.15, 0.2) is 18.2 Å². The number of benzene rings is 1. The molecule has 3 aliphatic rings. The molecule has 0 radical (unpaired) electrons. The molecule has 1 aromatic rings. The van der Waals surface area contributed by atoms with Gasteiger partial charge in [-0.15, -0.1) is 0 Å². The molecule has 4 rings (SSSR count). The normalized spacial score (nSPS) is 23.7. The fourth-order valence-corrected chi connectivity index (χ4v) is 4.28. The summed E-state index contributed by atoms with van der Waals surface area (Å²) in [4.78, 5) is 74.7. The van der Waals surface area contributed by atoms with Crippen molar-refractivity contribution in [3.8, 4) is 0 Å². The molecule has 2 heterocycles. The van der Waals surface area contributed by atoms with Crippen molar-refractivity contribution in [1.29, 1.82) is 0 Å². The average molecular weight is 520 g/mol. The van der Waals surface area contributed by atoms with Gasteiger partial charge in [-0.25, -0.2) is 4.79 Å². The molecule has 12 nitrogen and oxygen atoms in total. The Kier molecular flexibility index (Phi) is 7.43. The number of rotatable bonds is 9. The molecule has 0 spiro atoms. The standard InChI is InChI=1S/C23H26ClN5O7/c1-10-6-11(19(31)26-10)7-16(18(30)22(34)27-13-3-4-13)29-20(32)14-8-12(24)2-5-15(14)28-21(33)17-9-25-23(35)36-17/h2,5,8,10-11,13,16-17H,3-4,6-7,9H2,1H3,(H,25,35)(H,26,31)(H,27,34)(H,28,33)(H,29,32)/t10-,11+,16+,17+/m1/s1. The minimum Gasteiger partial charge on any atom is -0.434 e. The van der Waals surface area contributed by atoms with Gasteiger partial charge in [-0.1, -0.05) is 11.6 Å². The third-order valence-electron chi connectivity index (χ3n) is 6.13. The summed E-state index contributed by atoms with van der Waals surface area (Å²) in [6, 6.07) is 2.69. The van der Waals surface area contributed by atoms with Crippen LogP contribution >= 0.6 is 11.6 Å². The summed E-state index contributed by atoms with van der Waals surface area (Å²) >= 11 is 6.07. The Bertz CT molecular complexity index is 1120. The van der Waals surface area contributed by atoms with Gasteiger partial charge in [-0.2, -0.15) is 0 Å². The Labute approximate surface area is 211 Å². The van der Waals surface area contributed by atoms with Crippen LogP contribution in [0.1, 0.15) is 43.0 Å². The van der Waals surface area contributed by atoms with Crippen LogP contribution in [-0.4, -0.2) is 66.3 Å². The van der Waals surface area contributed by atoms with Crippen molar-refractivity contribution in [3.63, 3.8) is 0 Å². The van der Waals surface area contributed by atoms with Crippen LogP contribution < -0.4 is 26.6 Å². The number of cyclic esters (lactones) is 1. The van der Waals surface area contributed by atoms with E-state index >= 15 is 0 Å². The maximum Gasteiger partial charge on any atom is 0.408 e. The van der Waals surface area contributed by atoms with E-state index in [0.29, 0.717) is 6.42 Å². The number of amides is 5. The number of Topliss-reactive ketones (excluding diaryl/α,β-unsaturated/α-hetero) is 1. The van der Waals surface area contributed by atoms with Gasteiger partial charge in [0.05, 0.1) is 23.8 Å². The van der Waals surface area contributed by atoms with Crippen molar-refractivity contribution >= 4 is 52.8 Å². The summed E-state index contributed by atoms with van der Waals surface area (Å²) in [6.45, 7) is 1.79. The number of halogens is 1. The van der Waals surface area contributed by atoms with Gasteiger partial charge in [-0.05, 0) is 50.8 Å². The molecule has 2 aliphatic heterocycles. The largest absolute Gasteiger partial charge is 0.434 e. The highest BCUT2D eigenvalue weighted by Crippen LogP contribution is 2.25. The molecule has 0 aromatic heterocycles. The lowest BCUT2D eigenvalue weighted by Gasteiger charge is -2.21. The van der Waals surface area contributed by atoms with E-state index in [1.165, 1.54) is 18.2 Å². The molecule has 192 valence electrons. The minimum atomic E-state index is -1.28. The highest BCUT2D eigenvalue weighted by atomic mass is 35.5. The number of hydrogen-bond acceptors (Lipinski definition) is 7. The quantitative estimate of drug-likeness (QED) is 0.291. The van der Waals surface area contributed by atoms with Gasteiger partial charge in [0.2, 0.25) is 11.7 Å². The van der Waals surface area contributed by atoms with Crippen molar-refractivity contribution in [2.75, 3.05) is 11.9 Å². The van der Waals surface area contributed by atoms with Gasteiger partial charge in [0.25, 0.3) is 17.7 Å². The molecule has 36 heavy (non-hydrogen) atoms. The van der Waals surface area contributed by atoms with E-state index in [0.717, 1.165) is 12.8 Å². The number of carbonyl (C=O) groups is 6. The maximum atomic E-state index is 13.3. The first-order chi connectivity index (χ1) is 17.1. The van der Waals surface area contributed by atoms with Gasteiger partial charge in [0.1, 0.15) is 0 Å². The molecular formula is C23H26ClN5O7. The van der Waals surface area contributed by atoms with Crippen LogP contribution in [0.4, 0.5) is 10.5 Å². The van der Waals surface area contributed by atoms with Crippen molar-refractivity contribution in [1.82, 2.24) is 21.3 Å². The lowest BCUT2D eigenvalue weighted by molar-refractivity contribution is -0.139. The lowest BCUT2D eigenvalue weighted by Crippen LogP contribution is -2.49. The second-order valence-corrected chi connectivity index (χ2v) is 9.61. The number of anilines is 1. The molecule has 1 saturated carbocycles. The molecule has 1 aromatic carbocycles. The zero-order valence-corrected chi connectivity index (χ0v) is 20.1. The van der Waals surface area contributed by atoms with Crippen LogP contribution in [0.25, 0.3) is 0 Å². The first-order valence-electron chi connectivity index (χ1n) is 11.6. The molecule has 2 saturated heterocycles. The average Bonchev–Trinajstić information content (AvgIpc) is 3.44. The van der Waals surface area contributed by atoms with E-state index in [4.69, 9.17) is 16.3 Å². The van der Waals surface area contributed by atoms with Crippen molar-refractivity contribution in [2.45, 2.75) is 56.8 Å². The van der Waals surface area contributed by atoms with Crippen LogP contribution in [0.3, 0.4) is 0 Å². The molecule has 0 bridgehead atoms. The Balaban J connectivity index is 1.52. The van der Waals surface area contributed by atoms with Crippen molar-refractivity contribution in [2.24, 2.45) is 5.92 Å². The lowest BCUT2D eigenvalue weighted by atomic mass is 9.93. The first kappa shape index (κ1) is 25.4. The monoisotopic (exact) mass is 519 g/mol. The van der Waals surface area contributed by atoms with Gasteiger partial charge in [0, 0.05) is 23.0 Å². The van der Waals surface area contributed by atoms with Gasteiger partial charge in [-0.3, -0.25) is 24.0 Å². The summed E-state index contributed by atoms with van der Waals surface area (Å²) in [5.41, 5.74) is -0.0107. The summed E-state index contributed by atoms with van der Waals surface area (Å²) in [5.74, 6) is -3.96. The second kappa shape index (κ2) is 10.5. The van der Waals surface area contributed by atoms with E-state index in [1.807, 2.05) is 6.92 Å². The molecule has 4 atom stereocenters. The van der Waals surface area contributed by atoms with Crippen LogP contribution in [0.2, 0.25) is 5.02 Å². The Morgan fingerprint density at radius 2 is 1.94 bits per heavy atom. The summed E-state index contributed by atoms with van der Waals surface area (Å²) in [7, 11) is 0. The minimum absolute atomic E-state index is 0.0334. The van der Waals surface area contributed by atoms with Crippen LogP contribution in [0, 0.1) is 5.92 Å². The van der Waals surface area contributed by atoms with Gasteiger partial charge in [0.15, 0.2) is 6.10 Å². The molecule has 3 fully saturated rings. The number of nitrogens with one attached hydrogen (secondary N) is 5. The van der Waals surface area contributed by atoms with E-state index in [9.17, 15) is 28.8 Å². The first-order valence-corrected chi connectivity index (χ1v) is 12.0. The molecular weight excluding hydrogens is 494 g/mol. The Morgan fingerprint density at radius 3 is 2.56 bits per heavy atom. The third-order valence-corrected chi connectivity index (χ3v) is 6.37. The van der Waals surface area contributed by atoms with E-state index in [1.54, 1.807) is 0 Å². The SMILES string of the molecule is C[C@@H]1C[C@@H](C[C@H](NC(=O)c2cc(Cl)ccc2NC(=O)[C@@H]2CNC(=O)O2)C(=O)C(=O)NC2CC2)C(=O)N1. The smallest absolute Gasteiger partial charge is 0.408 e. The van der Waals surface area contributed by atoms with E-state index in [-0.39, 0.29) is 47.2 Å². The number of hydrogen-bond donors (Lipinski definition) is 5. The van der Waals surface area contributed by atoms with Crippen molar-refractivity contribution in [3.05, 3.63) is 28.8 Å². The molecule has 0 unspecified atom stereocenters. The van der Waals surface area contributed by atoms with E-state index in [2.05, 4.69) is 26.6 Å². The topological polar surface area (TPSA) is 172 Å². The Hall–Kier alpha value is -3.67. The molecule has 5 N–H and O–H groups in total. The highest BCUT2D eigenvalue weighted by molar-refractivity contribution is 6.38. The fourth-order valence-electron chi connectivity index (χ4n) is 4.11. The Morgan fingerprint density at radius 1 is 1.19 bits per heavy atom. The maximum absolute atomic E-state index is 13.3. The van der Waals surface area contributed by atoms with E-state index < -0.39 is 47.7 Å². The number of ether oxygens (including phenoxy) is 1. The zero-order valence-electron chi connectivity index (χ0n) is 19.4. The summed E-state index contributed by atoms with van der Waals surface area (Å²) in [5, 5.41) is 13.0. The molecule has 5 amide bonds. The van der Waals surface area contributed by atoms with Gasteiger partial charge < -0.3 is 31.3 Å². The predicted octanol–water partition coefficient (Wildman–Crippen LogP) is 0.248. The third kappa shape index (κ3) is 6.11. The van der Waals surface area contributed by atoms with Crippen LogP contribution in [-0.2, 0) is 23.9 Å².